The molecule has 0 aliphatic carbocycles. The molecule has 1 aromatic heterocycles. The van der Waals surface area contributed by atoms with Gasteiger partial charge in [-0.25, -0.2) is 4.79 Å². The zero-order valence-electron chi connectivity index (χ0n) is 12.3. The van der Waals surface area contributed by atoms with E-state index >= 15 is 0 Å². The monoisotopic (exact) mass is 321 g/mol. The molecule has 0 atom stereocenters. The van der Waals surface area contributed by atoms with Crippen LogP contribution in [0.15, 0.2) is 33.5 Å². The lowest BCUT2D eigenvalue weighted by Gasteiger charge is -2.21. The number of benzene rings is 1. The highest BCUT2D eigenvalue weighted by atomic mass is 32.2. The van der Waals surface area contributed by atoms with Crippen LogP contribution >= 0.6 is 23.5 Å². The number of hydrogen-bond acceptors (Lipinski definition) is 5. The van der Waals surface area contributed by atoms with Gasteiger partial charge < -0.3 is 9.32 Å². The van der Waals surface area contributed by atoms with E-state index in [0.717, 1.165) is 41.2 Å². The Morgan fingerprint density at radius 1 is 1.19 bits per heavy atom. The minimum atomic E-state index is -0.189. The normalized spacial score (nSPS) is 15.7. The third-order valence-electron chi connectivity index (χ3n) is 3.75. The van der Waals surface area contributed by atoms with Gasteiger partial charge in [0.2, 0.25) is 0 Å². The molecule has 1 aliphatic heterocycles. The summed E-state index contributed by atoms with van der Waals surface area (Å²) in [4.78, 5) is 14.5. The highest BCUT2D eigenvalue weighted by Gasteiger charge is 2.22. The summed E-state index contributed by atoms with van der Waals surface area (Å²) in [7, 11) is 0. The Labute approximate surface area is 133 Å². The highest BCUT2D eigenvalue weighted by molar-refractivity contribution is 8.19. The van der Waals surface area contributed by atoms with Gasteiger partial charge in [-0.1, -0.05) is 0 Å². The zero-order chi connectivity index (χ0) is 14.8. The first-order valence-electron chi connectivity index (χ1n) is 7.29. The van der Waals surface area contributed by atoms with Gasteiger partial charge in [0.15, 0.2) is 0 Å². The van der Waals surface area contributed by atoms with Crippen molar-refractivity contribution >= 4 is 40.2 Å². The highest BCUT2D eigenvalue weighted by Crippen LogP contribution is 2.44. The molecule has 1 aliphatic rings. The van der Waals surface area contributed by atoms with Crippen molar-refractivity contribution in [2.75, 3.05) is 29.5 Å². The standard InChI is InChI=1S/C16H19NO2S2/c1-3-17(4-2)12-6-5-11-9-13(16-20-7-8-21-16)15(18)19-14(11)10-12/h5-6,9-10,16H,3-4,7-8H2,1-2H3. The Kier molecular flexibility index (Phi) is 4.50. The molecule has 1 aromatic carbocycles. The van der Waals surface area contributed by atoms with Crippen LogP contribution in [0.2, 0.25) is 0 Å². The van der Waals surface area contributed by atoms with Crippen LogP contribution in [0, 0.1) is 0 Å². The van der Waals surface area contributed by atoms with Crippen molar-refractivity contribution in [1.82, 2.24) is 0 Å². The molecule has 0 N–H and O–H groups in total. The second kappa shape index (κ2) is 6.36. The molecule has 0 saturated carbocycles. The van der Waals surface area contributed by atoms with Crippen LogP contribution in [-0.2, 0) is 0 Å². The van der Waals surface area contributed by atoms with E-state index in [4.69, 9.17) is 4.42 Å². The molecule has 112 valence electrons. The van der Waals surface area contributed by atoms with Gasteiger partial charge in [0, 0.05) is 41.7 Å². The molecule has 21 heavy (non-hydrogen) atoms. The van der Waals surface area contributed by atoms with Gasteiger partial charge in [-0.3, -0.25) is 0 Å². The van der Waals surface area contributed by atoms with E-state index in [9.17, 15) is 4.79 Å². The molecule has 2 heterocycles. The predicted octanol–water partition coefficient (Wildman–Crippen LogP) is 4.12. The molecule has 1 fully saturated rings. The van der Waals surface area contributed by atoms with Gasteiger partial charge in [-0.05, 0) is 32.0 Å². The van der Waals surface area contributed by atoms with Crippen LogP contribution in [0.3, 0.4) is 0 Å². The lowest BCUT2D eigenvalue weighted by molar-refractivity contribution is 0.554. The Morgan fingerprint density at radius 3 is 2.57 bits per heavy atom. The third kappa shape index (κ3) is 2.94. The number of fused-ring (bicyclic) bond motifs is 1. The maximum absolute atomic E-state index is 12.2. The van der Waals surface area contributed by atoms with E-state index in [0.29, 0.717) is 5.58 Å². The fraction of sp³-hybridized carbons (Fsp3) is 0.438. The maximum Gasteiger partial charge on any atom is 0.341 e. The van der Waals surface area contributed by atoms with Crippen molar-refractivity contribution in [2.45, 2.75) is 18.4 Å². The average molecular weight is 321 g/mol. The van der Waals surface area contributed by atoms with Gasteiger partial charge in [0.05, 0.1) is 10.1 Å². The van der Waals surface area contributed by atoms with Crippen molar-refractivity contribution in [3.05, 3.63) is 40.2 Å². The third-order valence-corrected chi connectivity index (χ3v) is 6.82. The van der Waals surface area contributed by atoms with E-state index in [1.165, 1.54) is 0 Å². The predicted molar refractivity (Wildman–Crippen MR) is 93.7 cm³/mol. The van der Waals surface area contributed by atoms with Gasteiger partial charge in [0.25, 0.3) is 0 Å². The van der Waals surface area contributed by atoms with E-state index in [-0.39, 0.29) is 10.2 Å². The minimum absolute atomic E-state index is 0.189. The maximum atomic E-state index is 12.2. The Balaban J connectivity index is 2.03. The summed E-state index contributed by atoms with van der Waals surface area (Å²) in [5.41, 5.74) is 2.39. The van der Waals surface area contributed by atoms with Crippen molar-refractivity contribution in [3.8, 4) is 0 Å². The zero-order valence-corrected chi connectivity index (χ0v) is 13.9. The van der Waals surface area contributed by atoms with E-state index in [1.54, 1.807) is 0 Å². The Morgan fingerprint density at radius 2 is 1.90 bits per heavy atom. The van der Waals surface area contributed by atoms with Crippen molar-refractivity contribution in [3.63, 3.8) is 0 Å². The molecule has 0 bridgehead atoms. The van der Waals surface area contributed by atoms with Crippen LogP contribution in [0.4, 0.5) is 5.69 Å². The van der Waals surface area contributed by atoms with Crippen molar-refractivity contribution < 1.29 is 4.42 Å². The second-order valence-corrected chi connectivity index (χ2v) is 7.68. The van der Waals surface area contributed by atoms with E-state index < -0.39 is 0 Å². The quantitative estimate of drug-likeness (QED) is 0.791. The second-order valence-electron chi connectivity index (χ2n) is 4.96. The number of rotatable bonds is 4. The molecule has 5 heteroatoms. The number of nitrogens with zero attached hydrogens (tertiary/aromatic N) is 1. The number of anilines is 1. The lowest BCUT2D eigenvalue weighted by Crippen LogP contribution is -2.21. The summed E-state index contributed by atoms with van der Waals surface area (Å²) in [6.07, 6.45) is 0. The Hall–Kier alpha value is -1.07. The van der Waals surface area contributed by atoms with Gasteiger partial charge in [-0.15, -0.1) is 23.5 Å². The lowest BCUT2D eigenvalue weighted by atomic mass is 10.1. The van der Waals surface area contributed by atoms with Crippen LogP contribution < -0.4 is 10.5 Å². The van der Waals surface area contributed by atoms with E-state index in [1.807, 2.05) is 35.7 Å². The molecule has 0 amide bonds. The molecule has 3 nitrogen and oxygen atoms in total. The average Bonchev–Trinajstić information content (AvgIpc) is 3.01. The first kappa shape index (κ1) is 14.9. The summed E-state index contributed by atoms with van der Waals surface area (Å²) in [5, 5.41) is 1.01. The van der Waals surface area contributed by atoms with Gasteiger partial charge in [0.1, 0.15) is 5.58 Å². The molecule has 2 aromatic rings. The van der Waals surface area contributed by atoms with Crippen molar-refractivity contribution in [2.24, 2.45) is 0 Å². The molecule has 1 saturated heterocycles. The molecule has 3 rings (SSSR count). The summed E-state index contributed by atoms with van der Waals surface area (Å²) in [5.74, 6) is 2.21. The first-order valence-corrected chi connectivity index (χ1v) is 9.38. The molecular weight excluding hydrogens is 302 g/mol. The van der Waals surface area contributed by atoms with Crippen LogP contribution in [0.5, 0.6) is 0 Å². The van der Waals surface area contributed by atoms with Gasteiger partial charge >= 0.3 is 5.63 Å². The van der Waals surface area contributed by atoms with Crippen LogP contribution in [0.1, 0.15) is 24.0 Å². The summed E-state index contributed by atoms with van der Waals surface area (Å²) < 4.78 is 5.81. The first-order chi connectivity index (χ1) is 10.2. The fourth-order valence-corrected chi connectivity index (χ4v) is 5.45. The summed E-state index contributed by atoms with van der Waals surface area (Å²) in [6, 6.07) is 8.14. The topological polar surface area (TPSA) is 33.5 Å². The summed E-state index contributed by atoms with van der Waals surface area (Å²) in [6.45, 7) is 6.14. The SMILES string of the molecule is CCN(CC)c1ccc2cc(C3SCCS3)c(=O)oc2c1. The summed E-state index contributed by atoms with van der Waals surface area (Å²) >= 11 is 3.66. The largest absolute Gasteiger partial charge is 0.422 e. The number of thioether (sulfide) groups is 2. The smallest absolute Gasteiger partial charge is 0.341 e. The van der Waals surface area contributed by atoms with Gasteiger partial charge in [-0.2, -0.15) is 0 Å². The molecule has 0 spiro atoms. The Bertz CT molecular complexity index is 688. The molecule has 0 radical (unpaired) electrons. The number of hydrogen-bond donors (Lipinski definition) is 0. The van der Waals surface area contributed by atoms with Crippen molar-refractivity contribution in [1.29, 1.82) is 0 Å². The van der Waals surface area contributed by atoms with Crippen LogP contribution in [0.25, 0.3) is 11.0 Å². The molecule has 0 unspecified atom stereocenters. The van der Waals surface area contributed by atoms with Crippen LogP contribution in [-0.4, -0.2) is 24.6 Å². The fourth-order valence-electron chi connectivity index (χ4n) is 2.60. The molecular formula is C16H19NO2S2. The van der Waals surface area contributed by atoms with E-state index in [2.05, 4.69) is 30.9 Å². The minimum Gasteiger partial charge on any atom is -0.422 e.